The lowest BCUT2D eigenvalue weighted by Crippen LogP contribution is -2.36. The van der Waals surface area contributed by atoms with Crippen LogP contribution in [0.2, 0.25) is 0 Å². The molecule has 1 aromatic carbocycles. The highest BCUT2D eigenvalue weighted by Gasteiger charge is 2.12. The number of piperidine rings is 1. The molecule has 1 aliphatic heterocycles. The summed E-state index contributed by atoms with van der Waals surface area (Å²) < 4.78 is 0. The first-order valence-electron chi connectivity index (χ1n) is 6.80. The van der Waals surface area contributed by atoms with Gasteiger partial charge in [-0.2, -0.15) is 0 Å². The molecule has 1 fully saturated rings. The second-order valence-corrected chi connectivity index (χ2v) is 5.16. The summed E-state index contributed by atoms with van der Waals surface area (Å²) in [5.74, 6) is 0. The van der Waals surface area contributed by atoms with Crippen molar-refractivity contribution >= 4 is 0 Å². The number of benzene rings is 1. The van der Waals surface area contributed by atoms with E-state index < -0.39 is 0 Å². The molecule has 2 nitrogen and oxygen atoms in total. The molecular weight excluding hydrogens is 208 g/mol. The molecule has 0 radical (unpaired) electrons. The molecule has 1 N–H and O–H groups in total. The second-order valence-electron chi connectivity index (χ2n) is 5.16. The van der Waals surface area contributed by atoms with Crippen LogP contribution in [-0.2, 0) is 6.54 Å². The van der Waals surface area contributed by atoms with Gasteiger partial charge in [-0.3, -0.25) is 0 Å². The molecule has 1 saturated heterocycles. The van der Waals surface area contributed by atoms with E-state index in [4.69, 9.17) is 0 Å². The molecule has 1 aliphatic rings. The first-order chi connectivity index (χ1) is 8.34. The fraction of sp³-hybridized carbons (Fsp3) is 0.600. The van der Waals surface area contributed by atoms with Gasteiger partial charge >= 0.3 is 0 Å². The summed E-state index contributed by atoms with van der Waals surface area (Å²) in [5.41, 5.74) is 1.41. The van der Waals surface area contributed by atoms with Crippen LogP contribution in [0.25, 0.3) is 0 Å². The highest BCUT2D eigenvalue weighted by Crippen LogP contribution is 2.11. The molecule has 2 rings (SSSR count). The van der Waals surface area contributed by atoms with Crippen LogP contribution in [0.3, 0.4) is 0 Å². The normalized spacial score (nSPS) is 20.7. The van der Waals surface area contributed by atoms with Crippen molar-refractivity contribution in [1.82, 2.24) is 10.2 Å². The Labute approximate surface area is 105 Å². The van der Waals surface area contributed by atoms with E-state index in [1.54, 1.807) is 0 Å². The monoisotopic (exact) mass is 232 g/mol. The van der Waals surface area contributed by atoms with Gasteiger partial charge in [0.25, 0.3) is 0 Å². The van der Waals surface area contributed by atoms with Crippen LogP contribution in [0.1, 0.15) is 31.2 Å². The van der Waals surface area contributed by atoms with Gasteiger partial charge in [-0.1, -0.05) is 36.8 Å². The van der Waals surface area contributed by atoms with Crippen molar-refractivity contribution in [2.24, 2.45) is 0 Å². The summed E-state index contributed by atoms with van der Waals surface area (Å²) in [7, 11) is 2.22. The first-order valence-corrected chi connectivity index (χ1v) is 6.80. The fourth-order valence-electron chi connectivity index (χ4n) is 2.52. The minimum Gasteiger partial charge on any atom is -0.314 e. The Morgan fingerprint density at radius 1 is 1.24 bits per heavy atom. The van der Waals surface area contributed by atoms with Gasteiger partial charge in [-0.05, 0) is 45.0 Å². The molecule has 0 amide bonds. The second kappa shape index (κ2) is 6.77. The molecule has 0 bridgehead atoms. The number of nitrogens with one attached hydrogen (secondary N) is 1. The van der Waals surface area contributed by atoms with Crippen molar-refractivity contribution < 1.29 is 0 Å². The van der Waals surface area contributed by atoms with Crippen molar-refractivity contribution in [3.63, 3.8) is 0 Å². The lowest BCUT2D eigenvalue weighted by Gasteiger charge is -2.26. The maximum Gasteiger partial charge on any atom is 0.0230 e. The SMILES string of the molecule is CN(CCC1CCCCN1)Cc1ccccc1. The van der Waals surface area contributed by atoms with Crippen molar-refractivity contribution in [2.45, 2.75) is 38.3 Å². The lowest BCUT2D eigenvalue weighted by atomic mass is 10.0. The number of hydrogen-bond acceptors (Lipinski definition) is 2. The molecule has 0 aliphatic carbocycles. The van der Waals surface area contributed by atoms with E-state index >= 15 is 0 Å². The minimum absolute atomic E-state index is 0.752. The number of hydrogen-bond donors (Lipinski definition) is 1. The molecule has 1 aromatic rings. The Bertz CT molecular complexity index is 304. The zero-order chi connectivity index (χ0) is 11.9. The summed E-state index contributed by atoms with van der Waals surface area (Å²) in [6.45, 7) is 3.47. The summed E-state index contributed by atoms with van der Waals surface area (Å²) >= 11 is 0. The third-order valence-electron chi connectivity index (χ3n) is 3.57. The van der Waals surface area contributed by atoms with Crippen molar-refractivity contribution in [3.05, 3.63) is 35.9 Å². The molecule has 0 aromatic heterocycles. The van der Waals surface area contributed by atoms with E-state index in [9.17, 15) is 0 Å². The van der Waals surface area contributed by atoms with Crippen molar-refractivity contribution in [1.29, 1.82) is 0 Å². The van der Waals surface area contributed by atoms with E-state index in [1.807, 2.05) is 0 Å². The molecule has 94 valence electrons. The van der Waals surface area contributed by atoms with Gasteiger partial charge in [-0.15, -0.1) is 0 Å². The molecule has 17 heavy (non-hydrogen) atoms. The molecular formula is C15H24N2. The van der Waals surface area contributed by atoms with Crippen LogP contribution in [0.5, 0.6) is 0 Å². The van der Waals surface area contributed by atoms with Crippen molar-refractivity contribution in [3.8, 4) is 0 Å². The zero-order valence-electron chi connectivity index (χ0n) is 10.9. The van der Waals surface area contributed by atoms with E-state index in [1.165, 1.54) is 44.3 Å². The molecule has 1 atom stereocenters. The Morgan fingerprint density at radius 3 is 2.76 bits per heavy atom. The molecule has 2 heteroatoms. The Morgan fingerprint density at radius 2 is 2.06 bits per heavy atom. The summed E-state index contributed by atoms with van der Waals surface area (Å²) in [6.07, 6.45) is 5.40. The predicted molar refractivity (Wildman–Crippen MR) is 73.0 cm³/mol. The fourth-order valence-corrected chi connectivity index (χ4v) is 2.52. The van der Waals surface area contributed by atoms with Gasteiger partial charge in [0.15, 0.2) is 0 Å². The van der Waals surface area contributed by atoms with Crippen LogP contribution < -0.4 is 5.32 Å². The highest BCUT2D eigenvalue weighted by atomic mass is 15.1. The van der Waals surface area contributed by atoms with E-state index in [-0.39, 0.29) is 0 Å². The summed E-state index contributed by atoms with van der Waals surface area (Å²) in [5, 5.41) is 3.61. The Balaban J connectivity index is 1.68. The number of rotatable bonds is 5. The first kappa shape index (κ1) is 12.6. The van der Waals surface area contributed by atoms with Gasteiger partial charge in [0.1, 0.15) is 0 Å². The molecule has 1 unspecified atom stereocenters. The smallest absolute Gasteiger partial charge is 0.0230 e. The maximum absolute atomic E-state index is 3.61. The quantitative estimate of drug-likeness (QED) is 0.839. The number of nitrogens with zero attached hydrogens (tertiary/aromatic N) is 1. The van der Waals surface area contributed by atoms with Crippen LogP contribution in [0, 0.1) is 0 Å². The largest absolute Gasteiger partial charge is 0.314 e. The lowest BCUT2D eigenvalue weighted by molar-refractivity contribution is 0.282. The predicted octanol–water partition coefficient (Wildman–Crippen LogP) is 2.65. The summed E-state index contributed by atoms with van der Waals surface area (Å²) in [4.78, 5) is 2.42. The van der Waals surface area contributed by atoms with Gasteiger partial charge in [0.2, 0.25) is 0 Å². The Kier molecular flexibility index (Phi) is 5.02. The Hall–Kier alpha value is -0.860. The minimum atomic E-state index is 0.752. The van der Waals surface area contributed by atoms with E-state index in [0.29, 0.717) is 0 Å². The molecule has 0 spiro atoms. The van der Waals surface area contributed by atoms with Gasteiger partial charge in [0, 0.05) is 12.6 Å². The van der Waals surface area contributed by atoms with E-state index in [2.05, 4.69) is 47.6 Å². The molecule has 0 saturated carbocycles. The zero-order valence-corrected chi connectivity index (χ0v) is 10.9. The maximum atomic E-state index is 3.61. The third kappa shape index (κ3) is 4.49. The van der Waals surface area contributed by atoms with Gasteiger partial charge in [-0.25, -0.2) is 0 Å². The molecule has 1 heterocycles. The van der Waals surface area contributed by atoms with Crippen LogP contribution >= 0.6 is 0 Å². The topological polar surface area (TPSA) is 15.3 Å². The van der Waals surface area contributed by atoms with Crippen LogP contribution in [0.4, 0.5) is 0 Å². The highest BCUT2D eigenvalue weighted by molar-refractivity contribution is 5.14. The standard InChI is InChI=1S/C15H24N2/c1-17(13-14-7-3-2-4-8-14)12-10-15-9-5-6-11-16-15/h2-4,7-8,15-16H,5-6,9-13H2,1H3. The van der Waals surface area contributed by atoms with Gasteiger partial charge < -0.3 is 10.2 Å². The van der Waals surface area contributed by atoms with Crippen LogP contribution in [-0.4, -0.2) is 31.1 Å². The van der Waals surface area contributed by atoms with E-state index in [0.717, 1.165) is 12.6 Å². The third-order valence-corrected chi connectivity index (χ3v) is 3.57. The average molecular weight is 232 g/mol. The van der Waals surface area contributed by atoms with Crippen molar-refractivity contribution in [2.75, 3.05) is 20.1 Å². The van der Waals surface area contributed by atoms with Gasteiger partial charge in [0.05, 0.1) is 0 Å². The summed E-state index contributed by atoms with van der Waals surface area (Å²) in [6, 6.07) is 11.5. The average Bonchev–Trinajstić information content (AvgIpc) is 2.39. The van der Waals surface area contributed by atoms with Crippen LogP contribution in [0.15, 0.2) is 30.3 Å².